The highest BCUT2D eigenvalue weighted by Crippen LogP contribution is 2.62. The lowest BCUT2D eigenvalue weighted by atomic mass is 9.68. The third-order valence-electron chi connectivity index (χ3n) is 7.81. The molecule has 0 saturated heterocycles. The zero-order chi connectivity index (χ0) is 18.9. The number of hydrogen-bond donors (Lipinski definition) is 0. The summed E-state index contributed by atoms with van der Waals surface area (Å²) in [6.07, 6.45) is 4.13. The molecule has 140 valence electrons. The van der Waals surface area contributed by atoms with E-state index in [1.165, 1.54) is 63.3 Å². The SMILES string of the molecule is c1ccc(C2=Nc3c(c4ccccc4c4ccccc34)C3C4CCC(C4)C23)cc1. The summed E-state index contributed by atoms with van der Waals surface area (Å²) in [5, 5.41) is 5.47. The molecular formula is C28H23N. The summed E-state index contributed by atoms with van der Waals surface area (Å²) < 4.78 is 0. The zero-order valence-electron chi connectivity index (χ0n) is 16.4. The molecular weight excluding hydrogens is 350 g/mol. The molecule has 2 fully saturated rings. The van der Waals surface area contributed by atoms with E-state index in [9.17, 15) is 0 Å². The first-order valence-electron chi connectivity index (χ1n) is 11.0. The van der Waals surface area contributed by atoms with Crippen LogP contribution in [0.25, 0.3) is 21.5 Å². The lowest BCUT2D eigenvalue weighted by Crippen LogP contribution is -2.31. The van der Waals surface area contributed by atoms with Crippen molar-refractivity contribution in [1.82, 2.24) is 0 Å². The lowest BCUT2D eigenvalue weighted by Gasteiger charge is -2.38. The van der Waals surface area contributed by atoms with Crippen LogP contribution in [0.2, 0.25) is 0 Å². The smallest absolute Gasteiger partial charge is 0.0753 e. The molecule has 0 N–H and O–H groups in total. The van der Waals surface area contributed by atoms with Gasteiger partial charge in [-0.05, 0) is 64.3 Å². The van der Waals surface area contributed by atoms with Crippen LogP contribution in [-0.4, -0.2) is 5.71 Å². The Hall–Kier alpha value is -2.93. The van der Waals surface area contributed by atoms with E-state index < -0.39 is 0 Å². The highest BCUT2D eigenvalue weighted by molar-refractivity contribution is 6.18. The van der Waals surface area contributed by atoms with E-state index >= 15 is 0 Å². The van der Waals surface area contributed by atoms with Crippen molar-refractivity contribution in [2.75, 3.05) is 0 Å². The van der Waals surface area contributed by atoms with Crippen LogP contribution in [0.4, 0.5) is 5.69 Å². The van der Waals surface area contributed by atoms with Crippen LogP contribution in [0.3, 0.4) is 0 Å². The fourth-order valence-corrected chi connectivity index (χ4v) is 6.77. The zero-order valence-corrected chi connectivity index (χ0v) is 16.4. The van der Waals surface area contributed by atoms with Gasteiger partial charge < -0.3 is 0 Å². The Kier molecular flexibility index (Phi) is 3.18. The first-order chi connectivity index (χ1) is 14.4. The Morgan fingerprint density at radius 1 is 0.586 bits per heavy atom. The fourth-order valence-electron chi connectivity index (χ4n) is 6.77. The maximum atomic E-state index is 5.47. The van der Waals surface area contributed by atoms with Gasteiger partial charge in [0.2, 0.25) is 0 Å². The molecule has 0 radical (unpaired) electrons. The van der Waals surface area contributed by atoms with Crippen molar-refractivity contribution >= 4 is 32.9 Å². The quantitative estimate of drug-likeness (QED) is 0.311. The molecule has 4 unspecified atom stereocenters. The second-order valence-corrected chi connectivity index (χ2v) is 9.10. The van der Waals surface area contributed by atoms with Gasteiger partial charge in [-0.2, -0.15) is 0 Å². The number of aliphatic imine (C=N–C) groups is 1. The average Bonchev–Trinajstić information content (AvgIpc) is 3.42. The summed E-state index contributed by atoms with van der Waals surface area (Å²) in [5.74, 6) is 2.80. The molecule has 2 bridgehead atoms. The molecule has 0 amide bonds. The number of nitrogens with zero attached hydrogens (tertiary/aromatic N) is 1. The molecule has 2 aliphatic carbocycles. The Morgan fingerprint density at radius 3 is 1.93 bits per heavy atom. The predicted molar refractivity (Wildman–Crippen MR) is 121 cm³/mol. The monoisotopic (exact) mass is 373 g/mol. The molecule has 7 rings (SSSR count). The third-order valence-corrected chi connectivity index (χ3v) is 7.81. The third kappa shape index (κ3) is 2.08. The Morgan fingerprint density at radius 2 is 1.17 bits per heavy atom. The van der Waals surface area contributed by atoms with Gasteiger partial charge in [-0.25, -0.2) is 0 Å². The number of benzene rings is 4. The largest absolute Gasteiger partial charge is 0.252 e. The number of rotatable bonds is 1. The van der Waals surface area contributed by atoms with Crippen LogP contribution < -0.4 is 0 Å². The van der Waals surface area contributed by atoms with Crippen molar-refractivity contribution in [3.8, 4) is 0 Å². The van der Waals surface area contributed by atoms with Crippen molar-refractivity contribution in [2.45, 2.75) is 25.2 Å². The van der Waals surface area contributed by atoms with Crippen molar-refractivity contribution in [3.05, 3.63) is 90.0 Å². The normalized spacial score (nSPS) is 27.1. The van der Waals surface area contributed by atoms with Gasteiger partial charge in [0.1, 0.15) is 0 Å². The molecule has 3 aliphatic rings. The lowest BCUT2D eigenvalue weighted by molar-refractivity contribution is 0.360. The Bertz CT molecular complexity index is 1300. The number of hydrogen-bond acceptors (Lipinski definition) is 1. The minimum absolute atomic E-state index is 0.577. The Balaban J connectivity index is 1.64. The van der Waals surface area contributed by atoms with Crippen molar-refractivity contribution in [2.24, 2.45) is 22.7 Å². The molecule has 4 atom stereocenters. The van der Waals surface area contributed by atoms with Gasteiger partial charge >= 0.3 is 0 Å². The van der Waals surface area contributed by atoms with Crippen LogP contribution in [-0.2, 0) is 0 Å². The molecule has 1 nitrogen and oxygen atoms in total. The van der Waals surface area contributed by atoms with Gasteiger partial charge in [0.15, 0.2) is 0 Å². The summed E-state index contributed by atoms with van der Waals surface area (Å²) >= 11 is 0. The van der Waals surface area contributed by atoms with E-state index in [0.717, 1.165) is 11.8 Å². The van der Waals surface area contributed by atoms with E-state index in [0.29, 0.717) is 11.8 Å². The van der Waals surface area contributed by atoms with Gasteiger partial charge in [0.25, 0.3) is 0 Å². The maximum Gasteiger partial charge on any atom is 0.0753 e. The van der Waals surface area contributed by atoms with Gasteiger partial charge in [-0.3, -0.25) is 4.99 Å². The predicted octanol–water partition coefficient (Wildman–Crippen LogP) is 7.26. The molecule has 4 aromatic rings. The summed E-state index contributed by atoms with van der Waals surface area (Å²) in [7, 11) is 0. The topological polar surface area (TPSA) is 12.4 Å². The molecule has 0 aromatic heterocycles. The molecule has 4 aromatic carbocycles. The fraction of sp³-hybridized carbons (Fsp3) is 0.250. The van der Waals surface area contributed by atoms with Gasteiger partial charge in [-0.15, -0.1) is 0 Å². The van der Waals surface area contributed by atoms with E-state index in [1.54, 1.807) is 0 Å². The van der Waals surface area contributed by atoms with Crippen LogP contribution in [0.1, 0.15) is 36.3 Å². The molecule has 0 spiro atoms. The van der Waals surface area contributed by atoms with Crippen LogP contribution in [0.15, 0.2) is 83.9 Å². The van der Waals surface area contributed by atoms with E-state index in [1.807, 2.05) is 0 Å². The second-order valence-electron chi connectivity index (χ2n) is 9.10. The van der Waals surface area contributed by atoms with Crippen molar-refractivity contribution in [3.63, 3.8) is 0 Å². The number of fused-ring (bicyclic) bond motifs is 12. The van der Waals surface area contributed by atoms with Gasteiger partial charge in [0, 0.05) is 11.3 Å². The molecule has 29 heavy (non-hydrogen) atoms. The van der Waals surface area contributed by atoms with Gasteiger partial charge in [0.05, 0.1) is 11.4 Å². The summed E-state index contributed by atoms with van der Waals surface area (Å²) in [5.41, 5.74) is 5.44. The average molecular weight is 373 g/mol. The van der Waals surface area contributed by atoms with Crippen LogP contribution in [0, 0.1) is 17.8 Å². The Labute approximate surface area is 171 Å². The van der Waals surface area contributed by atoms with E-state index in [4.69, 9.17) is 4.99 Å². The first kappa shape index (κ1) is 15.9. The van der Waals surface area contributed by atoms with Crippen molar-refractivity contribution in [1.29, 1.82) is 0 Å². The highest BCUT2D eigenvalue weighted by Gasteiger charge is 2.52. The van der Waals surface area contributed by atoms with E-state index in [2.05, 4.69) is 78.9 Å². The second kappa shape index (κ2) is 5.79. The van der Waals surface area contributed by atoms with Crippen LogP contribution in [0.5, 0.6) is 0 Å². The molecule has 1 aliphatic heterocycles. The van der Waals surface area contributed by atoms with E-state index in [-0.39, 0.29) is 0 Å². The molecule has 1 heterocycles. The molecule has 1 heteroatoms. The highest BCUT2D eigenvalue weighted by atomic mass is 14.8. The summed E-state index contributed by atoms with van der Waals surface area (Å²) in [6, 6.07) is 28.9. The standard InChI is InChI=1S/C28H23N/c1-2-8-17(9-3-1)27-25-19-15-14-18(16-19)24(25)26-22-12-6-4-10-20(22)21-11-5-7-13-23(21)28(26)29-27/h1-13,18-19,24-25H,14-16H2. The molecule has 2 saturated carbocycles. The van der Waals surface area contributed by atoms with Gasteiger partial charge in [-0.1, -0.05) is 78.9 Å². The van der Waals surface area contributed by atoms with Crippen LogP contribution >= 0.6 is 0 Å². The minimum Gasteiger partial charge on any atom is -0.252 e. The first-order valence-corrected chi connectivity index (χ1v) is 11.0. The minimum atomic E-state index is 0.577. The maximum absolute atomic E-state index is 5.47. The summed E-state index contributed by atoms with van der Waals surface area (Å²) in [6.45, 7) is 0. The van der Waals surface area contributed by atoms with Crippen molar-refractivity contribution < 1.29 is 0 Å². The summed E-state index contributed by atoms with van der Waals surface area (Å²) in [4.78, 5) is 5.47.